The summed E-state index contributed by atoms with van der Waals surface area (Å²) in [6, 6.07) is 7.94. The number of hydrogen-bond acceptors (Lipinski definition) is 3. The SMILES string of the molecule is CC1CC(C(=O)O)CCN1c1ccc(C#N)c(Br)c1. The number of hydrogen-bond donors (Lipinski definition) is 1. The summed E-state index contributed by atoms with van der Waals surface area (Å²) in [7, 11) is 0. The first-order valence-electron chi connectivity index (χ1n) is 6.22. The highest BCUT2D eigenvalue weighted by molar-refractivity contribution is 9.10. The van der Waals surface area contributed by atoms with E-state index in [1.54, 1.807) is 6.07 Å². The van der Waals surface area contributed by atoms with Crippen molar-refractivity contribution in [3.8, 4) is 6.07 Å². The molecule has 4 nitrogen and oxygen atoms in total. The molecule has 0 saturated carbocycles. The van der Waals surface area contributed by atoms with Gasteiger partial charge in [-0.3, -0.25) is 4.79 Å². The van der Waals surface area contributed by atoms with Crippen LogP contribution < -0.4 is 4.90 Å². The van der Waals surface area contributed by atoms with E-state index in [2.05, 4.69) is 26.9 Å². The van der Waals surface area contributed by atoms with E-state index >= 15 is 0 Å². The molecule has 0 aromatic heterocycles. The summed E-state index contributed by atoms with van der Waals surface area (Å²) in [6.07, 6.45) is 1.32. The molecule has 2 rings (SSSR count). The first-order valence-corrected chi connectivity index (χ1v) is 7.01. The molecule has 0 aliphatic carbocycles. The van der Waals surface area contributed by atoms with Gasteiger partial charge in [0.15, 0.2) is 0 Å². The molecule has 0 bridgehead atoms. The smallest absolute Gasteiger partial charge is 0.306 e. The molecule has 1 fully saturated rings. The van der Waals surface area contributed by atoms with Gasteiger partial charge in [-0.05, 0) is 53.9 Å². The van der Waals surface area contributed by atoms with Crippen molar-refractivity contribution in [3.05, 3.63) is 28.2 Å². The molecule has 1 aliphatic heterocycles. The number of nitrogens with zero attached hydrogens (tertiary/aromatic N) is 2. The van der Waals surface area contributed by atoms with Gasteiger partial charge in [0.1, 0.15) is 6.07 Å². The molecule has 100 valence electrons. The highest BCUT2D eigenvalue weighted by Gasteiger charge is 2.29. The van der Waals surface area contributed by atoms with Gasteiger partial charge < -0.3 is 10.0 Å². The Kier molecular flexibility index (Phi) is 4.11. The van der Waals surface area contributed by atoms with E-state index in [0.717, 1.165) is 16.7 Å². The van der Waals surface area contributed by atoms with Crippen LogP contribution in [-0.2, 0) is 4.79 Å². The van der Waals surface area contributed by atoms with Gasteiger partial charge in [-0.15, -0.1) is 0 Å². The third-order valence-corrected chi connectivity index (χ3v) is 4.29. The number of halogens is 1. The number of aliphatic carboxylic acids is 1. The van der Waals surface area contributed by atoms with Crippen molar-refractivity contribution in [2.24, 2.45) is 5.92 Å². The van der Waals surface area contributed by atoms with Crippen LogP contribution in [0.3, 0.4) is 0 Å². The zero-order valence-electron chi connectivity index (χ0n) is 10.6. The monoisotopic (exact) mass is 322 g/mol. The van der Waals surface area contributed by atoms with Gasteiger partial charge in [0, 0.05) is 22.7 Å². The molecule has 1 saturated heterocycles. The molecule has 0 amide bonds. The van der Waals surface area contributed by atoms with Crippen LogP contribution in [0.1, 0.15) is 25.3 Å². The molecule has 1 N–H and O–H groups in total. The summed E-state index contributed by atoms with van der Waals surface area (Å²) in [5, 5.41) is 18.0. The minimum Gasteiger partial charge on any atom is -0.481 e. The summed E-state index contributed by atoms with van der Waals surface area (Å²) in [6.45, 7) is 2.78. The van der Waals surface area contributed by atoms with Crippen molar-refractivity contribution in [1.82, 2.24) is 0 Å². The van der Waals surface area contributed by atoms with Crippen LogP contribution in [0.4, 0.5) is 5.69 Å². The Hall–Kier alpha value is -1.54. The van der Waals surface area contributed by atoms with Gasteiger partial charge in [-0.25, -0.2) is 0 Å². The molecule has 0 spiro atoms. The second-order valence-corrected chi connectivity index (χ2v) is 5.73. The minimum absolute atomic E-state index is 0.190. The molecule has 1 aromatic rings. The van der Waals surface area contributed by atoms with Crippen molar-refractivity contribution in [2.45, 2.75) is 25.8 Å². The molecule has 2 unspecified atom stereocenters. The van der Waals surface area contributed by atoms with Crippen LogP contribution in [0.2, 0.25) is 0 Å². The number of anilines is 1. The van der Waals surface area contributed by atoms with Crippen LogP contribution in [-0.4, -0.2) is 23.7 Å². The Balaban J connectivity index is 2.18. The second-order valence-electron chi connectivity index (χ2n) is 4.88. The molecule has 1 heterocycles. The van der Waals surface area contributed by atoms with Crippen LogP contribution >= 0.6 is 15.9 Å². The van der Waals surface area contributed by atoms with Gasteiger partial charge in [0.2, 0.25) is 0 Å². The quantitative estimate of drug-likeness (QED) is 0.909. The van der Waals surface area contributed by atoms with Crippen LogP contribution in [0.5, 0.6) is 0 Å². The number of nitriles is 1. The average Bonchev–Trinajstić information content (AvgIpc) is 2.38. The number of piperidine rings is 1. The van der Waals surface area contributed by atoms with E-state index in [4.69, 9.17) is 10.4 Å². The molecule has 5 heteroatoms. The maximum atomic E-state index is 11.0. The van der Waals surface area contributed by atoms with Crippen molar-refractivity contribution < 1.29 is 9.90 Å². The Morgan fingerprint density at radius 3 is 2.84 bits per heavy atom. The maximum absolute atomic E-state index is 11.0. The summed E-state index contributed by atoms with van der Waals surface area (Å²) in [4.78, 5) is 13.2. The predicted molar refractivity (Wildman–Crippen MR) is 76.0 cm³/mol. The second kappa shape index (κ2) is 5.62. The summed E-state index contributed by atoms with van der Waals surface area (Å²) < 4.78 is 0.778. The Labute approximate surface area is 120 Å². The fraction of sp³-hybridized carbons (Fsp3) is 0.429. The Bertz CT molecular complexity index is 539. The highest BCUT2D eigenvalue weighted by atomic mass is 79.9. The van der Waals surface area contributed by atoms with Gasteiger partial charge in [-0.2, -0.15) is 5.26 Å². The van der Waals surface area contributed by atoms with E-state index in [9.17, 15) is 4.79 Å². The number of carboxylic acids is 1. The number of carbonyl (C=O) groups is 1. The first-order chi connectivity index (χ1) is 9.02. The normalized spacial score (nSPS) is 22.9. The van der Waals surface area contributed by atoms with Gasteiger partial charge >= 0.3 is 5.97 Å². The van der Waals surface area contributed by atoms with Gasteiger partial charge in [0.05, 0.1) is 11.5 Å². The average molecular weight is 323 g/mol. The number of rotatable bonds is 2. The lowest BCUT2D eigenvalue weighted by atomic mass is 9.91. The zero-order valence-corrected chi connectivity index (χ0v) is 12.2. The molecule has 2 atom stereocenters. The highest BCUT2D eigenvalue weighted by Crippen LogP contribution is 2.30. The van der Waals surface area contributed by atoms with Gasteiger partial charge in [-0.1, -0.05) is 0 Å². The standard InChI is InChI=1S/C14H15BrN2O2/c1-9-6-10(14(18)19)4-5-17(9)12-3-2-11(8-16)13(15)7-12/h2-3,7,9-10H,4-6H2,1H3,(H,18,19). The summed E-state index contributed by atoms with van der Waals surface area (Å²) in [5.74, 6) is -0.944. The largest absolute Gasteiger partial charge is 0.481 e. The maximum Gasteiger partial charge on any atom is 0.306 e. The Morgan fingerprint density at radius 2 is 2.32 bits per heavy atom. The van der Waals surface area contributed by atoms with Crippen LogP contribution in [0.15, 0.2) is 22.7 Å². The number of benzene rings is 1. The summed E-state index contributed by atoms with van der Waals surface area (Å²) in [5.41, 5.74) is 1.64. The van der Waals surface area contributed by atoms with Crippen LogP contribution in [0, 0.1) is 17.2 Å². The van der Waals surface area contributed by atoms with Crippen molar-refractivity contribution in [2.75, 3.05) is 11.4 Å². The molecule has 19 heavy (non-hydrogen) atoms. The van der Waals surface area contributed by atoms with E-state index in [-0.39, 0.29) is 12.0 Å². The van der Waals surface area contributed by atoms with Gasteiger partial charge in [0.25, 0.3) is 0 Å². The van der Waals surface area contributed by atoms with E-state index in [1.807, 2.05) is 19.1 Å². The third kappa shape index (κ3) is 2.90. The lowest BCUT2D eigenvalue weighted by Crippen LogP contribution is -2.42. The fourth-order valence-corrected chi connectivity index (χ4v) is 3.01. The minimum atomic E-state index is -0.701. The third-order valence-electron chi connectivity index (χ3n) is 3.63. The predicted octanol–water partition coefficient (Wildman–Crippen LogP) is 3.01. The van der Waals surface area contributed by atoms with E-state index in [1.165, 1.54) is 0 Å². The molecule has 0 radical (unpaired) electrons. The lowest BCUT2D eigenvalue weighted by Gasteiger charge is -2.38. The van der Waals surface area contributed by atoms with Crippen molar-refractivity contribution in [3.63, 3.8) is 0 Å². The molecular weight excluding hydrogens is 308 g/mol. The molecule has 1 aromatic carbocycles. The molecular formula is C14H15BrN2O2. The first kappa shape index (κ1) is 13.9. The van der Waals surface area contributed by atoms with E-state index < -0.39 is 5.97 Å². The fourth-order valence-electron chi connectivity index (χ4n) is 2.55. The molecule has 1 aliphatic rings. The van der Waals surface area contributed by atoms with E-state index in [0.29, 0.717) is 18.4 Å². The Morgan fingerprint density at radius 1 is 1.58 bits per heavy atom. The summed E-state index contributed by atoms with van der Waals surface area (Å²) >= 11 is 3.39. The lowest BCUT2D eigenvalue weighted by molar-refractivity contribution is -0.142. The van der Waals surface area contributed by atoms with Crippen molar-refractivity contribution in [1.29, 1.82) is 5.26 Å². The topological polar surface area (TPSA) is 64.3 Å². The van der Waals surface area contributed by atoms with Crippen LogP contribution in [0.25, 0.3) is 0 Å². The zero-order chi connectivity index (χ0) is 14.0. The number of carboxylic acid groups (broad SMARTS) is 1. The van der Waals surface area contributed by atoms with Crippen molar-refractivity contribution >= 4 is 27.6 Å².